The Balaban J connectivity index is 1.43. The fourth-order valence-corrected chi connectivity index (χ4v) is 4.77. The SMILES string of the molecule is C[C@@H]1CN(Cc2cncnc2)C[C@H]1c1nc2c(cnn2C2CCCC2)c(=O)[nH]1. The van der Waals surface area contributed by atoms with E-state index in [4.69, 9.17) is 4.98 Å². The van der Waals surface area contributed by atoms with Crippen LogP contribution >= 0.6 is 0 Å². The highest BCUT2D eigenvalue weighted by Crippen LogP contribution is 2.33. The number of aromatic nitrogens is 6. The van der Waals surface area contributed by atoms with Crippen molar-refractivity contribution in [2.75, 3.05) is 13.1 Å². The normalized spacial score (nSPS) is 23.8. The van der Waals surface area contributed by atoms with Gasteiger partial charge < -0.3 is 4.98 Å². The van der Waals surface area contributed by atoms with Gasteiger partial charge in [0.05, 0.1) is 12.2 Å². The molecule has 1 saturated carbocycles. The summed E-state index contributed by atoms with van der Waals surface area (Å²) in [7, 11) is 0. The van der Waals surface area contributed by atoms with Crippen molar-refractivity contribution in [2.45, 2.75) is 51.1 Å². The summed E-state index contributed by atoms with van der Waals surface area (Å²) in [5.41, 5.74) is 1.77. The van der Waals surface area contributed by atoms with Gasteiger partial charge in [0.1, 0.15) is 17.5 Å². The molecule has 1 aliphatic heterocycles. The van der Waals surface area contributed by atoms with Crippen molar-refractivity contribution in [3.05, 3.63) is 46.7 Å². The molecule has 0 spiro atoms. The first-order valence-corrected chi connectivity index (χ1v) is 10.1. The lowest BCUT2D eigenvalue weighted by Gasteiger charge is -2.16. The quantitative estimate of drug-likeness (QED) is 0.747. The van der Waals surface area contributed by atoms with Crippen LogP contribution in [0.15, 0.2) is 29.7 Å². The van der Waals surface area contributed by atoms with Crippen LogP contribution in [-0.4, -0.2) is 47.7 Å². The maximum absolute atomic E-state index is 12.7. The Morgan fingerprint density at radius 3 is 2.71 bits per heavy atom. The molecule has 1 N–H and O–H groups in total. The Bertz CT molecular complexity index is 1020. The van der Waals surface area contributed by atoms with E-state index in [1.807, 2.05) is 17.1 Å². The van der Waals surface area contributed by atoms with Crippen molar-refractivity contribution >= 4 is 11.0 Å². The van der Waals surface area contributed by atoms with Gasteiger partial charge >= 0.3 is 0 Å². The molecule has 0 unspecified atom stereocenters. The van der Waals surface area contributed by atoms with Crippen molar-refractivity contribution < 1.29 is 0 Å². The molecule has 2 aliphatic rings. The molecule has 146 valence electrons. The van der Waals surface area contributed by atoms with E-state index >= 15 is 0 Å². The smallest absolute Gasteiger partial charge is 0.262 e. The van der Waals surface area contributed by atoms with E-state index in [1.165, 1.54) is 12.8 Å². The van der Waals surface area contributed by atoms with Gasteiger partial charge in [0.15, 0.2) is 5.65 Å². The van der Waals surface area contributed by atoms with Crippen molar-refractivity contribution in [3.63, 3.8) is 0 Å². The third-order valence-corrected chi connectivity index (χ3v) is 6.21. The van der Waals surface area contributed by atoms with E-state index in [2.05, 4.69) is 31.9 Å². The minimum atomic E-state index is -0.0774. The van der Waals surface area contributed by atoms with Gasteiger partial charge in [0.2, 0.25) is 0 Å². The van der Waals surface area contributed by atoms with E-state index in [-0.39, 0.29) is 11.5 Å². The summed E-state index contributed by atoms with van der Waals surface area (Å²) in [6.07, 6.45) is 11.6. The molecule has 0 radical (unpaired) electrons. The lowest BCUT2D eigenvalue weighted by molar-refractivity contribution is 0.317. The molecule has 1 aliphatic carbocycles. The van der Waals surface area contributed by atoms with Gasteiger partial charge in [-0.2, -0.15) is 5.10 Å². The number of nitrogens with zero attached hydrogens (tertiary/aromatic N) is 6. The van der Waals surface area contributed by atoms with Crippen LogP contribution in [0.4, 0.5) is 0 Å². The topological polar surface area (TPSA) is 92.6 Å². The van der Waals surface area contributed by atoms with Gasteiger partial charge in [-0.25, -0.2) is 19.6 Å². The summed E-state index contributed by atoms with van der Waals surface area (Å²) < 4.78 is 1.99. The maximum atomic E-state index is 12.7. The highest BCUT2D eigenvalue weighted by Gasteiger charge is 2.33. The summed E-state index contributed by atoms with van der Waals surface area (Å²) in [6, 6.07) is 0.371. The zero-order chi connectivity index (χ0) is 19.1. The van der Waals surface area contributed by atoms with E-state index < -0.39 is 0 Å². The second-order valence-corrected chi connectivity index (χ2v) is 8.24. The molecular weight excluding hydrogens is 354 g/mol. The Morgan fingerprint density at radius 1 is 1.14 bits per heavy atom. The van der Waals surface area contributed by atoms with Crippen LogP contribution in [0.1, 0.15) is 56.0 Å². The highest BCUT2D eigenvalue weighted by molar-refractivity contribution is 5.73. The van der Waals surface area contributed by atoms with Crippen molar-refractivity contribution in [3.8, 4) is 0 Å². The predicted octanol–water partition coefficient (Wildman–Crippen LogP) is 2.26. The first-order chi connectivity index (χ1) is 13.7. The molecule has 8 nitrogen and oxygen atoms in total. The first-order valence-electron chi connectivity index (χ1n) is 10.1. The van der Waals surface area contributed by atoms with Gasteiger partial charge in [-0.3, -0.25) is 9.69 Å². The third-order valence-electron chi connectivity index (χ3n) is 6.21. The molecule has 3 aromatic rings. The lowest BCUT2D eigenvalue weighted by Crippen LogP contribution is -2.22. The second kappa shape index (κ2) is 7.09. The van der Waals surface area contributed by atoms with Crippen LogP contribution in [0.25, 0.3) is 11.0 Å². The molecule has 3 aromatic heterocycles. The number of likely N-dealkylation sites (tertiary alicyclic amines) is 1. The fraction of sp³-hybridized carbons (Fsp3) is 0.550. The number of hydrogen-bond donors (Lipinski definition) is 1. The van der Waals surface area contributed by atoms with E-state index in [1.54, 1.807) is 12.5 Å². The van der Waals surface area contributed by atoms with Crippen LogP contribution < -0.4 is 5.56 Å². The van der Waals surface area contributed by atoms with Gasteiger partial charge in [0, 0.05) is 43.5 Å². The Morgan fingerprint density at radius 2 is 1.93 bits per heavy atom. The third kappa shape index (κ3) is 3.11. The molecule has 0 aromatic carbocycles. The highest BCUT2D eigenvalue weighted by atomic mass is 16.1. The lowest BCUT2D eigenvalue weighted by atomic mass is 9.97. The van der Waals surface area contributed by atoms with Crippen LogP contribution in [-0.2, 0) is 6.54 Å². The Hall–Kier alpha value is -2.61. The number of aromatic amines is 1. The van der Waals surface area contributed by atoms with Crippen LogP contribution in [0.2, 0.25) is 0 Å². The molecule has 0 bridgehead atoms. The van der Waals surface area contributed by atoms with Crippen LogP contribution in [0, 0.1) is 5.92 Å². The maximum Gasteiger partial charge on any atom is 0.262 e. The van der Waals surface area contributed by atoms with E-state index in [0.29, 0.717) is 17.3 Å². The van der Waals surface area contributed by atoms with Crippen molar-refractivity contribution in [1.29, 1.82) is 0 Å². The predicted molar refractivity (Wildman–Crippen MR) is 105 cm³/mol. The molecule has 2 fully saturated rings. The molecule has 28 heavy (non-hydrogen) atoms. The average molecular weight is 379 g/mol. The zero-order valence-corrected chi connectivity index (χ0v) is 16.1. The Kier molecular flexibility index (Phi) is 4.43. The second-order valence-electron chi connectivity index (χ2n) is 8.24. The number of rotatable bonds is 4. The molecule has 2 atom stereocenters. The zero-order valence-electron chi connectivity index (χ0n) is 16.1. The van der Waals surface area contributed by atoms with Gasteiger partial charge in [-0.05, 0) is 18.8 Å². The van der Waals surface area contributed by atoms with Gasteiger partial charge in [-0.1, -0.05) is 19.8 Å². The molecule has 5 rings (SSSR count). The van der Waals surface area contributed by atoms with Gasteiger partial charge in [-0.15, -0.1) is 0 Å². The molecule has 1 saturated heterocycles. The largest absolute Gasteiger partial charge is 0.310 e. The molecule has 8 heteroatoms. The number of nitrogens with one attached hydrogen (secondary N) is 1. The summed E-state index contributed by atoms with van der Waals surface area (Å²) in [6.45, 7) is 4.87. The number of fused-ring (bicyclic) bond motifs is 1. The molecular formula is C20H25N7O. The number of hydrogen-bond acceptors (Lipinski definition) is 6. The monoisotopic (exact) mass is 379 g/mol. The summed E-state index contributed by atoms with van der Waals surface area (Å²) >= 11 is 0. The van der Waals surface area contributed by atoms with Crippen LogP contribution in [0.5, 0.6) is 0 Å². The fourth-order valence-electron chi connectivity index (χ4n) is 4.77. The molecule has 4 heterocycles. The summed E-state index contributed by atoms with van der Waals surface area (Å²) in [5, 5.41) is 5.10. The van der Waals surface area contributed by atoms with Gasteiger partial charge in [0.25, 0.3) is 5.56 Å². The molecule has 0 amide bonds. The van der Waals surface area contributed by atoms with Crippen molar-refractivity contribution in [1.82, 2.24) is 34.6 Å². The van der Waals surface area contributed by atoms with Crippen molar-refractivity contribution in [2.24, 2.45) is 5.92 Å². The standard InChI is InChI=1S/C20H25N7O/c1-13-9-26(10-14-6-21-12-22-7-14)11-17(13)18-24-19-16(20(28)25-18)8-23-27(19)15-4-2-3-5-15/h6-8,12-13,15,17H,2-5,9-11H2,1H3,(H,24,25,28)/t13-,17-/m1/s1. The number of H-pyrrole nitrogens is 1. The first kappa shape index (κ1) is 17.5. The summed E-state index contributed by atoms with van der Waals surface area (Å²) in [4.78, 5) is 31.2. The minimum Gasteiger partial charge on any atom is -0.310 e. The van der Waals surface area contributed by atoms with E-state index in [0.717, 1.165) is 49.5 Å². The Labute approximate surface area is 163 Å². The van der Waals surface area contributed by atoms with Crippen LogP contribution in [0.3, 0.4) is 0 Å². The van der Waals surface area contributed by atoms with E-state index in [9.17, 15) is 4.79 Å². The summed E-state index contributed by atoms with van der Waals surface area (Å²) in [5.74, 6) is 1.40. The minimum absolute atomic E-state index is 0.0774. The average Bonchev–Trinajstić information content (AvgIpc) is 3.42.